The minimum Gasteiger partial charge on any atom is -0.348 e. The molecule has 0 saturated carbocycles. The number of halogens is 1. The first-order chi connectivity index (χ1) is 14.2. The monoisotopic (exact) mass is 405 g/mol. The molecule has 2 aromatic carbocycles. The fourth-order valence-corrected chi connectivity index (χ4v) is 3.19. The first kappa shape index (κ1) is 19.0. The Morgan fingerprint density at radius 2 is 1.72 bits per heavy atom. The minimum atomic E-state index is -0.156. The molecule has 1 amide bonds. The van der Waals surface area contributed by atoms with Crippen molar-refractivity contribution in [3.05, 3.63) is 107 Å². The molecular weight excluding hydrogens is 386 g/mol. The molecule has 0 spiro atoms. The summed E-state index contributed by atoms with van der Waals surface area (Å²) in [6, 6.07) is 17.6. The van der Waals surface area contributed by atoms with Gasteiger partial charge in [0.15, 0.2) is 0 Å². The fourth-order valence-electron chi connectivity index (χ4n) is 3.00. The van der Waals surface area contributed by atoms with E-state index in [1.807, 2.05) is 65.5 Å². The number of nitrogens with one attached hydrogen (secondary N) is 1. The van der Waals surface area contributed by atoms with Gasteiger partial charge in [-0.15, -0.1) is 0 Å². The highest BCUT2D eigenvalue weighted by molar-refractivity contribution is 6.31. The van der Waals surface area contributed by atoms with Gasteiger partial charge in [0, 0.05) is 30.2 Å². The van der Waals surface area contributed by atoms with Crippen LogP contribution in [-0.2, 0) is 19.6 Å². The van der Waals surface area contributed by atoms with Gasteiger partial charge >= 0.3 is 0 Å². The highest BCUT2D eigenvalue weighted by Gasteiger charge is 2.09. The third-order valence-electron chi connectivity index (χ3n) is 4.57. The van der Waals surface area contributed by atoms with Crippen molar-refractivity contribution in [1.29, 1.82) is 0 Å². The van der Waals surface area contributed by atoms with Crippen LogP contribution >= 0.6 is 11.6 Å². The third kappa shape index (κ3) is 4.92. The summed E-state index contributed by atoms with van der Waals surface area (Å²) in [5.41, 5.74) is 3.67. The highest BCUT2D eigenvalue weighted by atomic mass is 35.5. The van der Waals surface area contributed by atoms with Gasteiger partial charge in [-0.3, -0.25) is 14.2 Å². The first-order valence-corrected chi connectivity index (χ1v) is 9.64. The Hall–Kier alpha value is -3.38. The Bertz CT molecular complexity index is 1090. The predicted octanol–water partition coefficient (Wildman–Crippen LogP) is 3.76. The molecule has 0 aliphatic carbocycles. The van der Waals surface area contributed by atoms with E-state index < -0.39 is 0 Å². The number of benzene rings is 2. The molecule has 0 saturated heterocycles. The molecule has 0 bridgehead atoms. The number of amides is 1. The van der Waals surface area contributed by atoms with Crippen LogP contribution in [0, 0.1) is 0 Å². The van der Waals surface area contributed by atoms with E-state index in [1.165, 1.54) is 0 Å². The van der Waals surface area contributed by atoms with Crippen LogP contribution in [0.3, 0.4) is 0 Å². The molecule has 0 atom stereocenters. The molecular formula is C22H20ClN5O. The van der Waals surface area contributed by atoms with E-state index >= 15 is 0 Å². The molecule has 4 aromatic rings. The standard InChI is InChI=1S/C22H20ClN5O/c23-21-5-2-1-4-19(21)15-28-16-20(13-26-28)22(29)24-12-17-6-8-18(9-7-17)14-27-11-3-10-25-27/h1-11,13,16H,12,14-15H2,(H,24,29). The molecule has 0 aliphatic rings. The Labute approximate surface area is 173 Å². The molecule has 4 rings (SSSR count). The van der Waals surface area contributed by atoms with Gasteiger partial charge in [0.2, 0.25) is 0 Å². The van der Waals surface area contributed by atoms with E-state index in [4.69, 9.17) is 11.6 Å². The molecule has 7 heteroatoms. The van der Waals surface area contributed by atoms with Crippen LogP contribution in [0.4, 0.5) is 0 Å². The Morgan fingerprint density at radius 3 is 2.48 bits per heavy atom. The molecule has 0 unspecified atom stereocenters. The topological polar surface area (TPSA) is 64.7 Å². The third-order valence-corrected chi connectivity index (χ3v) is 4.93. The second kappa shape index (κ2) is 8.75. The SMILES string of the molecule is O=C(NCc1ccc(Cn2cccn2)cc1)c1cnn(Cc2ccccc2Cl)c1. The molecule has 2 heterocycles. The first-order valence-electron chi connectivity index (χ1n) is 9.27. The van der Waals surface area contributed by atoms with E-state index in [-0.39, 0.29) is 5.91 Å². The van der Waals surface area contributed by atoms with Gasteiger partial charge in [-0.05, 0) is 28.8 Å². The van der Waals surface area contributed by atoms with Crippen LogP contribution < -0.4 is 5.32 Å². The Morgan fingerprint density at radius 1 is 0.931 bits per heavy atom. The second-order valence-corrected chi connectivity index (χ2v) is 7.13. The van der Waals surface area contributed by atoms with Gasteiger partial charge in [-0.1, -0.05) is 54.1 Å². The molecule has 1 N–H and O–H groups in total. The van der Waals surface area contributed by atoms with Gasteiger partial charge in [-0.2, -0.15) is 10.2 Å². The summed E-state index contributed by atoms with van der Waals surface area (Å²) in [6.07, 6.45) is 6.99. The van der Waals surface area contributed by atoms with Crippen molar-refractivity contribution in [2.24, 2.45) is 0 Å². The summed E-state index contributed by atoms with van der Waals surface area (Å²) >= 11 is 6.19. The zero-order valence-electron chi connectivity index (χ0n) is 15.7. The molecule has 6 nitrogen and oxygen atoms in total. The zero-order chi connectivity index (χ0) is 20.1. The molecule has 0 fully saturated rings. The normalized spacial score (nSPS) is 10.8. The van der Waals surface area contributed by atoms with E-state index in [2.05, 4.69) is 15.5 Å². The van der Waals surface area contributed by atoms with Gasteiger partial charge in [0.25, 0.3) is 5.91 Å². The average Bonchev–Trinajstić information content (AvgIpc) is 3.41. The number of aromatic nitrogens is 4. The summed E-state index contributed by atoms with van der Waals surface area (Å²) < 4.78 is 3.58. The second-order valence-electron chi connectivity index (χ2n) is 6.72. The van der Waals surface area contributed by atoms with E-state index in [0.717, 1.165) is 23.2 Å². The number of rotatable bonds is 7. The largest absolute Gasteiger partial charge is 0.348 e. The van der Waals surface area contributed by atoms with Crippen LogP contribution in [0.15, 0.2) is 79.4 Å². The summed E-state index contributed by atoms with van der Waals surface area (Å²) in [5, 5.41) is 12.1. The lowest BCUT2D eigenvalue weighted by molar-refractivity contribution is 0.0951. The molecule has 29 heavy (non-hydrogen) atoms. The van der Waals surface area contributed by atoms with E-state index in [1.54, 1.807) is 23.3 Å². The predicted molar refractivity (Wildman–Crippen MR) is 112 cm³/mol. The van der Waals surface area contributed by atoms with Crippen molar-refractivity contribution in [2.75, 3.05) is 0 Å². The quantitative estimate of drug-likeness (QED) is 0.509. The molecule has 2 aromatic heterocycles. The van der Waals surface area contributed by atoms with Gasteiger partial charge in [-0.25, -0.2) is 0 Å². The van der Waals surface area contributed by atoms with Crippen molar-refractivity contribution < 1.29 is 4.79 Å². The number of nitrogens with zero attached hydrogens (tertiary/aromatic N) is 4. The lowest BCUT2D eigenvalue weighted by atomic mass is 10.1. The van der Waals surface area contributed by atoms with Crippen molar-refractivity contribution >= 4 is 17.5 Å². The smallest absolute Gasteiger partial charge is 0.254 e. The Balaban J connectivity index is 1.32. The number of carbonyl (C=O) groups excluding carboxylic acids is 1. The van der Waals surface area contributed by atoms with Crippen molar-refractivity contribution in [3.63, 3.8) is 0 Å². The van der Waals surface area contributed by atoms with Crippen LogP contribution in [0.2, 0.25) is 5.02 Å². The van der Waals surface area contributed by atoms with Gasteiger partial charge < -0.3 is 5.32 Å². The summed E-state index contributed by atoms with van der Waals surface area (Å²) in [7, 11) is 0. The maximum absolute atomic E-state index is 12.4. The summed E-state index contributed by atoms with van der Waals surface area (Å²) in [4.78, 5) is 12.4. The van der Waals surface area contributed by atoms with E-state index in [0.29, 0.717) is 23.7 Å². The van der Waals surface area contributed by atoms with Crippen molar-refractivity contribution in [1.82, 2.24) is 24.9 Å². The number of carbonyl (C=O) groups is 1. The van der Waals surface area contributed by atoms with Crippen LogP contribution in [0.25, 0.3) is 0 Å². The van der Waals surface area contributed by atoms with Crippen LogP contribution in [0.1, 0.15) is 27.0 Å². The maximum atomic E-state index is 12.4. The zero-order valence-corrected chi connectivity index (χ0v) is 16.5. The highest BCUT2D eigenvalue weighted by Crippen LogP contribution is 2.16. The summed E-state index contributed by atoms with van der Waals surface area (Å²) in [6.45, 7) is 1.70. The average molecular weight is 406 g/mol. The number of hydrogen-bond donors (Lipinski definition) is 1. The van der Waals surface area contributed by atoms with Crippen LogP contribution in [0.5, 0.6) is 0 Å². The lowest BCUT2D eigenvalue weighted by Gasteiger charge is -2.06. The Kier molecular flexibility index (Phi) is 5.72. The number of hydrogen-bond acceptors (Lipinski definition) is 3. The molecule has 0 radical (unpaired) electrons. The van der Waals surface area contributed by atoms with Crippen molar-refractivity contribution in [2.45, 2.75) is 19.6 Å². The van der Waals surface area contributed by atoms with Gasteiger partial charge in [0.05, 0.1) is 24.8 Å². The maximum Gasteiger partial charge on any atom is 0.254 e. The van der Waals surface area contributed by atoms with Crippen molar-refractivity contribution in [3.8, 4) is 0 Å². The van der Waals surface area contributed by atoms with Gasteiger partial charge in [0.1, 0.15) is 0 Å². The lowest BCUT2D eigenvalue weighted by Crippen LogP contribution is -2.22. The molecule has 146 valence electrons. The van der Waals surface area contributed by atoms with E-state index in [9.17, 15) is 4.79 Å². The molecule has 0 aliphatic heterocycles. The summed E-state index contributed by atoms with van der Waals surface area (Å²) in [5.74, 6) is -0.156. The fraction of sp³-hybridized carbons (Fsp3) is 0.136. The minimum absolute atomic E-state index is 0.156. The van der Waals surface area contributed by atoms with Crippen LogP contribution in [-0.4, -0.2) is 25.5 Å².